The van der Waals surface area contributed by atoms with Crippen molar-refractivity contribution >= 4 is 29.2 Å². The van der Waals surface area contributed by atoms with Gasteiger partial charge in [-0.05, 0) is 61.9 Å². The first kappa shape index (κ1) is 16.6. The molecule has 1 heterocycles. The minimum atomic E-state index is -0.191. The van der Waals surface area contributed by atoms with E-state index in [1.807, 2.05) is 30.3 Å². The quantitative estimate of drug-likeness (QED) is 0.633. The van der Waals surface area contributed by atoms with Gasteiger partial charge in [0.25, 0.3) is 5.91 Å². The third kappa shape index (κ3) is 3.35. The number of hydrogen-bond donors (Lipinski definition) is 0. The number of methoxy groups -OCH3 is 1. The summed E-state index contributed by atoms with van der Waals surface area (Å²) in [4.78, 5) is 24.1. The molecule has 0 bridgehead atoms. The Morgan fingerprint density at radius 2 is 1.72 bits per heavy atom. The predicted molar refractivity (Wildman–Crippen MR) is 98.0 cm³/mol. The van der Waals surface area contributed by atoms with Crippen LogP contribution in [0.4, 0.5) is 5.69 Å². The van der Waals surface area contributed by atoms with E-state index in [-0.39, 0.29) is 11.7 Å². The van der Waals surface area contributed by atoms with Gasteiger partial charge in [-0.15, -0.1) is 0 Å². The van der Waals surface area contributed by atoms with Gasteiger partial charge in [0.2, 0.25) is 0 Å². The fourth-order valence-electron chi connectivity index (χ4n) is 2.56. The summed E-state index contributed by atoms with van der Waals surface area (Å²) in [7, 11) is 1.61. The van der Waals surface area contributed by atoms with Crippen LogP contribution in [-0.4, -0.2) is 24.5 Å². The number of rotatable bonds is 4. The van der Waals surface area contributed by atoms with Gasteiger partial charge >= 0.3 is 0 Å². The molecule has 3 rings (SSSR count). The smallest absolute Gasteiger partial charge is 0.280 e. The van der Waals surface area contributed by atoms with E-state index in [1.54, 1.807) is 38.3 Å². The molecular formula is C20H18N2O3. The molecule has 0 spiro atoms. The van der Waals surface area contributed by atoms with Crippen LogP contribution in [0.5, 0.6) is 5.75 Å². The highest BCUT2D eigenvalue weighted by Gasteiger charge is 2.28. The molecule has 126 valence electrons. The summed E-state index contributed by atoms with van der Waals surface area (Å²) in [5, 5.41) is 5.70. The molecule has 1 amide bonds. The molecule has 0 unspecified atom stereocenters. The summed E-state index contributed by atoms with van der Waals surface area (Å²) < 4.78 is 5.14. The summed E-state index contributed by atoms with van der Waals surface area (Å²) in [5.41, 5.74) is 3.32. The van der Waals surface area contributed by atoms with Gasteiger partial charge in [-0.1, -0.05) is 12.1 Å². The molecule has 0 fully saturated rings. The van der Waals surface area contributed by atoms with Crippen LogP contribution >= 0.6 is 0 Å². The number of anilines is 1. The summed E-state index contributed by atoms with van der Waals surface area (Å²) in [5.74, 6) is 0.556. The van der Waals surface area contributed by atoms with Crippen molar-refractivity contribution in [3.8, 4) is 5.75 Å². The van der Waals surface area contributed by atoms with Crippen LogP contribution in [0, 0.1) is 0 Å². The number of benzene rings is 2. The van der Waals surface area contributed by atoms with Crippen molar-refractivity contribution in [2.75, 3.05) is 12.1 Å². The average Bonchev–Trinajstić information content (AvgIpc) is 2.90. The van der Waals surface area contributed by atoms with Gasteiger partial charge in [0, 0.05) is 5.56 Å². The number of nitrogens with zero attached hydrogens (tertiary/aromatic N) is 2. The first-order chi connectivity index (χ1) is 12.0. The van der Waals surface area contributed by atoms with Crippen LogP contribution in [0.15, 0.2) is 59.2 Å². The number of Topliss-reactive ketones (excluding diaryl/α,β-unsaturated/α-hetero) is 1. The van der Waals surface area contributed by atoms with Crippen molar-refractivity contribution in [3.05, 3.63) is 65.2 Å². The fraction of sp³-hybridized carbons (Fsp3) is 0.150. The average molecular weight is 334 g/mol. The van der Waals surface area contributed by atoms with Crippen LogP contribution < -0.4 is 9.75 Å². The molecule has 2 aromatic carbocycles. The molecular weight excluding hydrogens is 316 g/mol. The largest absolute Gasteiger partial charge is 0.497 e. The lowest BCUT2D eigenvalue weighted by Gasteiger charge is -2.12. The molecule has 1 aliphatic rings. The van der Waals surface area contributed by atoms with Crippen LogP contribution in [0.2, 0.25) is 0 Å². The van der Waals surface area contributed by atoms with Gasteiger partial charge in [-0.25, -0.2) is 0 Å². The first-order valence-electron chi connectivity index (χ1n) is 7.86. The fourth-order valence-corrected chi connectivity index (χ4v) is 2.56. The second-order valence-corrected chi connectivity index (χ2v) is 5.74. The van der Waals surface area contributed by atoms with E-state index in [0.29, 0.717) is 22.5 Å². The number of amides is 1. The Morgan fingerprint density at radius 3 is 2.28 bits per heavy atom. The van der Waals surface area contributed by atoms with E-state index in [2.05, 4.69) is 5.10 Å². The second kappa shape index (κ2) is 6.73. The van der Waals surface area contributed by atoms with E-state index >= 15 is 0 Å². The van der Waals surface area contributed by atoms with E-state index in [4.69, 9.17) is 4.74 Å². The zero-order chi connectivity index (χ0) is 18.0. The monoisotopic (exact) mass is 334 g/mol. The third-order valence-corrected chi connectivity index (χ3v) is 4.01. The normalized spacial score (nSPS) is 15.5. The molecule has 0 aliphatic carbocycles. The van der Waals surface area contributed by atoms with Gasteiger partial charge in [-0.3, -0.25) is 9.59 Å². The van der Waals surface area contributed by atoms with E-state index < -0.39 is 0 Å². The van der Waals surface area contributed by atoms with Gasteiger partial charge in [0.15, 0.2) is 5.78 Å². The second-order valence-electron chi connectivity index (χ2n) is 5.74. The Morgan fingerprint density at radius 1 is 1.08 bits per heavy atom. The standard InChI is InChI=1S/C20H18N2O3/c1-13-19(12-15-4-10-18(25-3)11-5-15)20(24)22(21-13)17-8-6-16(7-9-17)14(2)23/h4-12H,1-3H3/b19-12-. The van der Waals surface area contributed by atoms with Gasteiger partial charge in [0.1, 0.15) is 5.75 Å². The predicted octanol–water partition coefficient (Wildman–Crippen LogP) is 3.70. The molecule has 5 heteroatoms. The first-order valence-corrected chi connectivity index (χ1v) is 7.86. The summed E-state index contributed by atoms with van der Waals surface area (Å²) in [6.45, 7) is 3.31. The van der Waals surface area contributed by atoms with Crippen molar-refractivity contribution in [1.29, 1.82) is 0 Å². The molecule has 0 aromatic heterocycles. The Kier molecular flexibility index (Phi) is 4.48. The number of carbonyl (C=O) groups is 2. The van der Waals surface area contributed by atoms with Crippen molar-refractivity contribution in [2.45, 2.75) is 13.8 Å². The number of carbonyl (C=O) groups excluding carboxylic acids is 2. The summed E-state index contributed by atoms with van der Waals surface area (Å²) in [6, 6.07) is 14.3. The lowest BCUT2D eigenvalue weighted by atomic mass is 10.1. The minimum absolute atomic E-state index is 0.0147. The summed E-state index contributed by atoms with van der Waals surface area (Å²) >= 11 is 0. The lowest BCUT2D eigenvalue weighted by molar-refractivity contribution is -0.114. The van der Waals surface area contributed by atoms with Crippen LogP contribution in [-0.2, 0) is 4.79 Å². The van der Waals surface area contributed by atoms with Crippen LogP contribution in [0.1, 0.15) is 29.8 Å². The highest BCUT2D eigenvalue weighted by molar-refractivity contribution is 6.32. The Labute approximate surface area is 146 Å². The third-order valence-electron chi connectivity index (χ3n) is 4.01. The topological polar surface area (TPSA) is 59.0 Å². The molecule has 25 heavy (non-hydrogen) atoms. The van der Waals surface area contributed by atoms with Gasteiger partial charge in [0.05, 0.1) is 24.1 Å². The number of ketones is 1. The maximum Gasteiger partial charge on any atom is 0.280 e. The number of hydrazone groups is 1. The maximum absolute atomic E-state index is 12.7. The van der Waals surface area contributed by atoms with E-state index in [0.717, 1.165) is 11.3 Å². The molecule has 0 atom stereocenters. The molecule has 0 saturated carbocycles. The minimum Gasteiger partial charge on any atom is -0.497 e. The van der Waals surface area contributed by atoms with E-state index in [1.165, 1.54) is 11.9 Å². The molecule has 1 aliphatic heterocycles. The number of hydrogen-bond acceptors (Lipinski definition) is 4. The number of ether oxygens (including phenoxy) is 1. The van der Waals surface area contributed by atoms with Crippen molar-refractivity contribution in [1.82, 2.24) is 0 Å². The molecule has 0 N–H and O–H groups in total. The van der Waals surface area contributed by atoms with Crippen LogP contribution in [0.25, 0.3) is 6.08 Å². The lowest BCUT2D eigenvalue weighted by Crippen LogP contribution is -2.21. The Bertz CT molecular complexity index is 878. The Hall–Kier alpha value is -3.21. The zero-order valence-electron chi connectivity index (χ0n) is 14.3. The molecule has 0 radical (unpaired) electrons. The van der Waals surface area contributed by atoms with Crippen molar-refractivity contribution in [2.24, 2.45) is 5.10 Å². The molecule has 5 nitrogen and oxygen atoms in total. The highest BCUT2D eigenvalue weighted by atomic mass is 16.5. The molecule has 2 aromatic rings. The van der Waals surface area contributed by atoms with Gasteiger partial charge < -0.3 is 4.74 Å². The Balaban J connectivity index is 1.87. The van der Waals surface area contributed by atoms with Crippen molar-refractivity contribution in [3.63, 3.8) is 0 Å². The van der Waals surface area contributed by atoms with Crippen LogP contribution in [0.3, 0.4) is 0 Å². The van der Waals surface area contributed by atoms with Gasteiger partial charge in [-0.2, -0.15) is 10.1 Å². The van der Waals surface area contributed by atoms with E-state index in [9.17, 15) is 9.59 Å². The summed E-state index contributed by atoms with van der Waals surface area (Å²) in [6.07, 6.45) is 1.81. The van der Waals surface area contributed by atoms with Crippen molar-refractivity contribution < 1.29 is 14.3 Å². The SMILES string of the molecule is COc1ccc(/C=C2\C(=O)N(c3ccc(C(C)=O)cc3)N=C2C)cc1. The molecule has 0 saturated heterocycles. The maximum atomic E-state index is 12.7. The highest BCUT2D eigenvalue weighted by Crippen LogP contribution is 2.25. The zero-order valence-corrected chi connectivity index (χ0v) is 14.3.